The van der Waals surface area contributed by atoms with Crippen LogP contribution in [-0.2, 0) is 16.2 Å². The second-order valence-corrected chi connectivity index (χ2v) is 10.7. The Labute approximate surface area is 236 Å². The lowest BCUT2D eigenvalue weighted by atomic mass is 10.1. The average molecular weight is 726 g/mol. The predicted octanol–water partition coefficient (Wildman–Crippen LogP) is 5.79. The molecule has 11 heteroatoms. The number of hydrogen-bond acceptors (Lipinski definition) is 6. The van der Waals surface area contributed by atoms with Crippen LogP contribution in [0.5, 0.6) is 17.2 Å². The molecule has 3 aromatic rings. The third kappa shape index (κ3) is 5.00. The number of nitrogens with zero attached hydrogens (tertiary/aromatic N) is 1. The highest BCUT2D eigenvalue weighted by Crippen LogP contribution is 2.38. The number of carbonyl (C=O) groups is 3. The molecule has 0 bridgehead atoms. The Balaban J connectivity index is 1.40. The maximum atomic E-state index is 13.2. The van der Waals surface area contributed by atoms with Crippen LogP contribution in [0.1, 0.15) is 11.1 Å². The molecular formula is C25H15Br2IN2O6. The fourth-order valence-electron chi connectivity index (χ4n) is 3.62. The molecular weight excluding hydrogens is 711 g/mol. The molecule has 182 valence electrons. The summed E-state index contributed by atoms with van der Waals surface area (Å²) >= 11 is 9.25. The van der Waals surface area contributed by atoms with Crippen LogP contribution in [0.25, 0.3) is 6.08 Å². The van der Waals surface area contributed by atoms with Crippen molar-refractivity contribution in [2.45, 2.75) is 6.61 Å². The molecule has 0 saturated carbocycles. The van der Waals surface area contributed by atoms with E-state index in [2.05, 4.69) is 59.8 Å². The highest BCUT2D eigenvalue weighted by atomic mass is 127. The lowest BCUT2D eigenvalue weighted by molar-refractivity contribution is -0.122. The quantitative estimate of drug-likeness (QED) is 0.204. The number of fused-ring (bicyclic) bond motifs is 1. The zero-order chi connectivity index (χ0) is 25.4. The van der Waals surface area contributed by atoms with E-state index in [0.29, 0.717) is 38.4 Å². The molecule has 0 atom stereocenters. The minimum Gasteiger partial charge on any atom is -0.487 e. The van der Waals surface area contributed by atoms with Gasteiger partial charge >= 0.3 is 6.03 Å². The zero-order valence-electron chi connectivity index (χ0n) is 18.2. The van der Waals surface area contributed by atoms with Gasteiger partial charge in [0.2, 0.25) is 6.79 Å². The van der Waals surface area contributed by atoms with E-state index in [9.17, 15) is 14.4 Å². The van der Waals surface area contributed by atoms with Crippen molar-refractivity contribution >= 4 is 84.1 Å². The minimum atomic E-state index is -0.845. The molecule has 0 unspecified atom stereocenters. The number of amides is 4. The Morgan fingerprint density at radius 3 is 2.39 bits per heavy atom. The summed E-state index contributed by atoms with van der Waals surface area (Å²) in [5, 5.41) is 2.22. The Hall–Kier alpha value is -2.90. The molecule has 0 radical (unpaired) electrons. The molecule has 3 aromatic carbocycles. The smallest absolute Gasteiger partial charge is 0.335 e. The maximum absolute atomic E-state index is 13.2. The molecule has 2 heterocycles. The lowest BCUT2D eigenvalue weighted by Crippen LogP contribution is -2.54. The number of ether oxygens (including phenoxy) is 3. The second kappa shape index (κ2) is 10.2. The van der Waals surface area contributed by atoms with E-state index < -0.39 is 17.8 Å². The summed E-state index contributed by atoms with van der Waals surface area (Å²) in [5.41, 5.74) is 1.62. The molecule has 0 aliphatic carbocycles. The molecule has 2 aliphatic rings. The first-order valence-electron chi connectivity index (χ1n) is 10.5. The number of halogens is 3. The SMILES string of the molecule is O=C1NC(=O)N(c2ccc3c(c2)OCO3)C(=O)/C1=C/c1cc(Br)c(OCc2ccc(I)cc2)c(Br)c1. The van der Waals surface area contributed by atoms with Crippen LogP contribution < -0.4 is 24.4 Å². The molecule has 0 aromatic heterocycles. The summed E-state index contributed by atoms with van der Waals surface area (Å²) in [6, 6.07) is 15.2. The van der Waals surface area contributed by atoms with Gasteiger partial charge in [0.15, 0.2) is 11.5 Å². The van der Waals surface area contributed by atoms with Crippen LogP contribution in [-0.4, -0.2) is 24.6 Å². The van der Waals surface area contributed by atoms with E-state index in [4.69, 9.17) is 14.2 Å². The fourth-order valence-corrected chi connectivity index (χ4v) is 5.43. The number of benzene rings is 3. The van der Waals surface area contributed by atoms with E-state index in [1.165, 1.54) is 12.1 Å². The van der Waals surface area contributed by atoms with Crippen molar-refractivity contribution in [2.75, 3.05) is 11.7 Å². The van der Waals surface area contributed by atoms with E-state index in [1.807, 2.05) is 24.3 Å². The summed E-state index contributed by atoms with van der Waals surface area (Å²) in [6.07, 6.45) is 1.42. The van der Waals surface area contributed by atoms with Gasteiger partial charge < -0.3 is 14.2 Å². The molecule has 8 nitrogen and oxygen atoms in total. The maximum Gasteiger partial charge on any atom is 0.335 e. The van der Waals surface area contributed by atoms with E-state index in [-0.39, 0.29) is 18.1 Å². The van der Waals surface area contributed by atoms with Crippen LogP contribution in [0, 0.1) is 3.57 Å². The predicted molar refractivity (Wildman–Crippen MR) is 147 cm³/mol. The van der Waals surface area contributed by atoms with Gasteiger partial charge in [-0.2, -0.15) is 0 Å². The molecule has 4 amide bonds. The van der Waals surface area contributed by atoms with Gasteiger partial charge in [-0.05, 0) is 108 Å². The molecule has 1 fully saturated rings. The van der Waals surface area contributed by atoms with Gasteiger partial charge in [-0.1, -0.05) is 12.1 Å². The highest BCUT2D eigenvalue weighted by molar-refractivity contribution is 14.1. The first-order chi connectivity index (χ1) is 17.3. The van der Waals surface area contributed by atoms with Gasteiger partial charge in [0, 0.05) is 9.64 Å². The van der Waals surface area contributed by atoms with Crippen molar-refractivity contribution in [2.24, 2.45) is 0 Å². The number of carbonyl (C=O) groups excluding carboxylic acids is 3. The van der Waals surface area contributed by atoms with Crippen molar-refractivity contribution < 1.29 is 28.6 Å². The van der Waals surface area contributed by atoms with Crippen molar-refractivity contribution in [1.29, 1.82) is 0 Å². The first-order valence-corrected chi connectivity index (χ1v) is 13.1. The van der Waals surface area contributed by atoms with E-state index in [1.54, 1.807) is 24.3 Å². The molecule has 2 aliphatic heterocycles. The Kier molecular flexibility index (Phi) is 7.04. The Morgan fingerprint density at radius 1 is 0.972 bits per heavy atom. The summed E-state index contributed by atoms with van der Waals surface area (Å²) < 4.78 is 19.0. The summed E-state index contributed by atoms with van der Waals surface area (Å²) in [7, 11) is 0. The third-order valence-corrected chi connectivity index (χ3v) is 7.24. The number of rotatable bonds is 5. The topological polar surface area (TPSA) is 94.2 Å². The standard InChI is InChI=1S/C25H15Br2IN2O6/c26-18-8-14(9-19(27)22(18)34-11-13-1-3-15(28)4-2-13)7-17-23(31)29-25(33)30(24(17)32)16-5-6-20-21(10-16)36-12-35-20/h1-10H,11-12H2,(H,29,31,33)/b17-7+. The number of anilines is 1. The van der Waals surface area contributed by atoms with Gasteiger partial charge in [0.1, 0.15) is 17.9 Å². The van der Waals surface area contributed by atoms with Crippen molar-refractivity contribution in [3.63, 3.8) is 0 Å². The number of imide groups is 2. The summed E-state index contributed by atoms with van der Waals surface area (Å²) in [6.45, 7) is 0.415. The molecule has 36 heavy (non-hydrogen) atoms. The second-order valence-electron chi connectivity index (χ2n) is 7.72. The fraction of sp³-hybridized carbons (Fsp3) is 0.0800. The van der Waals surface area contributed by atoms with Crippen LogP contribution in [0.2, 0.25) is 0 Å². The van der Waals surface area contributed by atoms with Gasteiger partial charge in [0.25, 0.3) is 11.8 Å². The van der Waals surface area contributed by atoms with Gasteiger partial charge in [0.05, 0.1) is 14.6 Å². The van der Waals surface area contributed by atoms with Crippen molar-refractivity contribution in [3.8, 4) is 17.2 Å². The van der Waals surface area contributed by atoms with Crippen LogP contribution in [0.4, 0.5) is 10.5 Å². The minimum absolute atomic E-state index is 0.0523. The highest BCUT2D eigenvalue weighted by Gasteiger charge is 2.37. The average Bonchev–Trinajstić information content (AvgIpc) is 3.30. The van der Waals surface area contributed by atoms with Crippen molar-refractivity contribution in [3.05, 3.63) is 83.8 Å². The largest absolute Gasteiger partial charge is 0.487 e. The van der Waals surface area contributed by atoms with Gasteiger partial charge in [-0.15, -0.1) is 0 Å². The number of urea groups is 1. The third-order valence-electron chi connectivity index (χ3n) is 5.34. The molecule has 0 spiro atoms. The van der Waals surface area contributed by atoms with Crippen LogP contribution in [0.15, 0.2) is 69.1 Å². The Morgan fingerprint density at radius 2 is 1.67 bits per heavy atom. The number of hydrogen-bond donors (Lipinski definition) is 1. The normalized spacial score (nSPS) is 15.9. The van der Waals surface area contributed by atoms with Crippen LogP contribution in [0.3, 0.4) is 0 Å². The van der Waals surface area contributed by atoms with Crippen LogP contribution >= 0.6 is 54.5 Å². The molecule has 1 N–H and O–H groups in total. The molecule has 5 rings (SSSR count). The van der Waals surface area contributed by atoms with E-state index in [0.717, 1.165) is 14.0 Å². The van der Waals surface area contributed by atoms with E-state index >= 15 is 0 Å². The summed E-state index contributed by atoms with van der Waals surface area (Å²) in [5.74, 6) is -0.0480. The molecule has 1 saturated heterocycles. The van der Waals surface area contributed by atoms with Gasteiger partial charge in [-0.3, -0.25) is 14.9 Å². The van der Waals surface area contributed by atoms with Gasteiger partial charge in [-0.25, -0.2) is 9.69 Å². The zero-order valence-corrected chi connectivity index (χ0v) is 23.5. The van der Waals surface area contributed by atoms with Crippen molar-refractivity contribution in [1.82, 2.24) is 5.32 Å². The number of barbiturate groups is 1. The lowest BCUT2D eigenvalue weighted by Gasteiger charge is -2.26. The number of nitrogens with one attached hydrogen (secondary N) is 1. The monoisotopic (exact) mass is 724 g/mol. The first kappa shape index (κ1) is 24.8. The Bertz CT molecular complexity index is 1420. The summed E-state index contributed by atoms with van der Waals surface area (Å²) in [4.78, 5) is 39.2.